The third kappa shape index (κ3) is 5.10. The first-order valence-electron chi connectivity index (χ1n) is 5.66. The molecular formula is C10H19N5OS. The van der Waals surface area contributed by atoms with Crippen LogP contribution in [0.25, 0.3) is 0 Å². The average molecular weight is 257 g/mol. The predicted octanol–water partition coefficient (Wildman–Crippen LogP) is 0.667. The number of unbranched alkanes of at least 4 members (excludes halogenated alkanes) is 1. The lowest BCUT2D eigenvalue weighted by atomic mass is 10.3. The van der Waals surface area contributed by atoms with Crippen molar-refractivity contribution in [1.29, 1.82) is 0 Å². The van der Waals surface area contributed by atoms with Gasteiger partial charge in [-0.3, -0.25) is 9.69 Å². The van der Waals surface area contributed by atoms with E-state index < -0.39 is 0 Å². The van der Waals surface area contributed by atoms with Crippen molar-refractivity contribution >= 4 is 22.4 Å². The Hall–Kier alpha value is -1.21. The van der Waals surface area contributed by atoms with E-state index >= 15 is 0 Å². The molecule has 0 atom stereocenters. The number of carbonyl (C=O) groups is 1. The minimum Gasteiger partial charge on any atom is -0.369 e. The van der Waals surface area contributed by atoms with Crippen molar-refractivity contribution in [3.05, 3.63) is 5.01 Å². The normalized spacial score (nSPS) is 10.8. The van der Waals surface area contributed by atoms with Crippen molar-refractivity contribution in [1.82, 2.24) is 15.1 Å². The second-order valence-electron chi connectivity index (χ2n) is 3.78. The molecule has 1 heterocycles. The van der Waals surface area contributed by atoms with Crippen molar-refractivity contribution in [3.8, 4) is 0 Å². The number of anilines is 1. The number of hydrogen-bond acceptors (Lipinski definition) is 6. The summed E-state index contributed by atoms with van der Waals surface area (Å²) in [7, 11) is 1.81. The van der Waals surface area contributed by atoms with Gasteiger partial charge in [-0.25, -0.2) is 0 Å². The number of nitrogens with zero attached hydrogens (tertiary/aromatic N) is 3. The van der Waals surface area contributed by atoms with Crippen LogP contribution in [0.3, 0.4) is 0 Å². The number of nitrogens with two attached hydrogens (primary N) is 1. The summed E-state index contributed by atoms with van der Waals surface area (Å²) in [5.41, 5.74) is 5.22. The molecule has 17 heavy (non-hydrogen) atoms. The summed E-state index contributed by atoms with van der Waals surface area (Å²) >= 11 is 1.49. The Balaban J connectivity index is 2.54. The van der Waals surface area contributed by atoms with Crippen LogP contribution >= 0.6 is 11.3 Å². The molecule has 1 aromatic heterocycles. The number of carbonyl (C=O) groups excluding carboxylic acids is 1. The zero-order valence-corrected chi connectivity index (χ0v) is 11.1. The molecule has 0 bridgehead atoms. The van der Waals surface area contributed by atoms with Crippen molar-refractivity contribution < 1.29 is 4.79 Å². The van der Waals surface area contributed by atoms with Crippen molar-refractivity contribution in [3.63, 3.8) is 0 Å². The molecule has 0 saturated carbocycles. The van der Waals surface area contributed by atoms with Crippen LogP contribution < -0.4 is 11.1 Å². The fraction of sp³-hybridized carbons (Fsp3) is 0.700. The molecule has 1 amide bonds. The van der Waals surface area contributed by atoms with Gasteiger partial charge in [-0.1, -0.05) is 24.7 Å². The summed E-state index contributed by atoms with van der Waals surface area (Å²) < 4.78 is 0. The molecule has 0 fully saturated rings. The third-order valence-electron chi connectivity index (χ3n) is 2.25. The second kappa shape index (κ2) is 7.18. The minimum atomic E-state index is -0.306. The van der Waals surface area contributed by atoms with Gasteiger partial charge in [0.05, 0.1) is 13.1 Å². The topological polar surface area (TPSA) is 84.1 Å². The van der Waals surface area contributed by atoms with Gasteiger partial charge in [0.1, 0.15) is 5.01 Å². The van der Waals surface area contributed by atoms with Gasteiger partial charge in [0, 0.05) is 7.05 Å². The maximum Gasteiger partial charge on any atom is 0.231 e. The maximum absolute atomic E-state index is 11.0. The second-order valence-corrected chi connectivity index (χ2v) is 4.84. The van der Waals surface area contributed by atoms with E-state index in [0.717, 1.165) is 29.5 Å². The SMILES string of the molecule is CCCCN(CC(N)=O)Cc1nnc(NC)s1. The van der Waals surface area contributed by atoms with E-state index in [9.17, 15) is 4.79 Å². The van der Waals surface area contributed by atoms with Crippen LogP contribution in [-0.2, 0) is 11.3 Å². The highest BCUT2D eigenvalue weighted by Crippen LogP contribution is 2.16. The van der Waals surface area contributed by atoms with Gasteiger partial charge in [-0.15, -0.1) is 10.2 Å². The van der Waals surface area contributed by atoms with E-state index in [1.807, 2.05) is 11.9 Å². The summed E-state index contributed by atoms with van der Waals surface area (Å²) in [6.07, 6.45) is 2.14. The molecule has 6 nitrogen and oxygen atoms in total. The number of aromatic nitrogens is 2. The molecule has 7 heteroatoms. The molecular weight excluding hydrogens is 238 g/mol. The highest BCUT2D eigenvalue weighted by atomic mass is 32.1. The lowest BCUT2D eigenvalue weighted by molar-refractivity contribution is -0.119. The van der Waals surface area contributed by atoms with Gasteiger partial charge in [0.15, 0.2) is 0 Å². The maximum atomic E-state index is 11.0. The number of hydrogen-bond donors (Lipinski definition) is 2. The van der Waals surface area contributed by atoms with E-state index in [4.69, 9.17) is 5.73 Å². The average Bonchev–Trinajstić information content (AvgIpc) is 2.73. The summed E-state index contributed by atoms with van der Waals surface area (Å²) in [6.45, 7) is 3.87. The predicted molar refractivity (Wildman–Crippen MR) is 68.8 cm³/mol. The van der Waals surface area contributed by atoms with E-state index in [1.165, 1.54) is 11.3 Å². The Morgan fingerprint density at radius 3 is 2.82 bits per heavy atom. The molecule has 0 saturated heterocycles. The molecule has 0 aliphatic rings. The standard InChI is InChI=1S/C10H19N5OS/c1-3-4-5-15(6-8(11)16)7-9-13-14-10(12-2)17-9/h3-7H2,1-2H3,(H2,11,16)(H,12,14). The van der Waals surface area contributed by atoms with Crippen LogP contribution in [0.1, 0.15) is 24.8 Å². The zero-order chi connectivity index (χ0) is 12.7. The number of nitrogens with one attached hydrogen (secondary N) is 1. The molecule has 0 unspecified atom stereocenters. The van der Waals surface area contributed by atoms with Gasteiger partial charge in [-0.2, -0.15) is 0 Å². The zero-order valence-electron chi connectivity index (χ0n) is 10.3. The van der Waals surface area contributed by atoms with Crippen LogP contribution in [0.4, 0.5) is 5.13 Å². The summed E-state index contributed by atoms with van der Waals surface area (Å²) in [5.74, 6) is -0.306. The first-order chi connectivity index (χ1) is 8.15. The van der Waals surface area contributed by atoms with Crippen LogP contribution in [-0.4, -0.2) is 41.1 Å². The minimum absolute atomic E-state index is 0.272. The fourth-order valence-electron chi connectivity index (χ4n) is 1.43. The first kappa shape index (κ1) is 13.9. The highest BCUT2D eigenvalue weighted by Gasteiger charge is 2.11. The van der Waals surface area contributed by atoms with Gasteiger partial charge in [0.25, 0.3) is 0 Å². The van der Waals surface area contributed by atoms with Gasteiger partial charge in [0.2, 0.25) is 11.0 Å². The van der Waals surface area contributed by atoms with Gasteiger partial charge < -0.3 is 11.1 Å². The Morgan fingerprint density at radius 2 is 2.29 bits per heavy atom. The molecule has 96 valence electrons. The Labute approximate surface area is 105 Å². The first-order valence-corrected chi connectivity index (χ1v) is 6.48. The van der Waals surface area contributed by atoms with Crippen molar-refractivity contribution in [2.24, 2.45) is 5.73 Å². The molecule has 0 aliphatic carbocycles. The van der Waals surface area contributed by atoms with Gasteiger partial charge >= 0.3 is 0 Å². The van der Waals surface area contributed by atoms with Crippen LogP contribution in [0, 0.1) is 0 Å². The van der Waals surface area contributed by atoms with Crippen LogP contribution in [0.2, 0.25) is 0 Å². The smallest absolute Gasteiger partial charge is 0.231 e. The molecule has 0 aliphatic heterocycles. The highest BCUT2D eigenvalue weighted by molar-refractivity contribution is 7.15. The number of primary amides is 1. The van der Waals surface area contributed by atoms with E-state index in [-0.39, 0.29) is 12.5 Å². The summed E-state index contributed by atoms with van der Waals surface area (Å²) in [4.78, 5) is 13.0. The largest absolute Gasteiger partial charge is 0.369 e. The van der Waals surface area contributed by atoms with Gasteiger partial charge in [-0.05, 0) is 13.0 Å². The van der Waals surface area contributed by atoms with Crippen LogP contribution in [0.5, 0.6) is 0 Å². The fourth-order valence-corrected chi connectivity index (χ4v) is 2.16. The molecule has 3 N–H and O–H groups in total. The molecule has 0 spiro atoms. The molecule has 1 aromatic rings. The summed E-state index contributed by atoms with van der Waals surface area (Å²) in [5, 5.41) is 12.6. The third-order valence-corrected chi connectivity index (χ3v) is 3.17. The van der Waals surface area contributed by atoms with Crippen molar-refractivity contribution in [2.45, 2.75) is 26.3 Å². The quantitative estimate of drug-likeness (QED) is 0.715. The van der Waals surface area contributed by atoms with Crippen LogP contribution in [0.15, 0.2) is 0 Å². The molecule has 0 aromatic carbocycles. The number of rotatable bonds is 8. The van der Waals surface area contributed by atoms with E-state index in [2.05, 4.69) is 22.4 Å². The lowest BCUT2D eigenvalue weighted by Gasteiger charge is -2.18. The summed E-state index contributed by atoms with van der Waals surface area (Å²) in [6, 6.07) is 0. The Bertz CT molecular complexity index is 354. The Morgan fingerprint density at radius 1 is 1.53 bits per heavy atom. The van der Waals surface area contributed by atoms with E-state index in [0.29, 0.717) is 6.54 Å². The van der Waals surface area contributed by atoms with Crippen molar-refractivity contribution in [2.75, 3.05) is 25.5 Å². The lowest BCUT2D eigenvalue weighted by Crippen LogP contribution is -2.34. The molecule has 1 rings (SSSR count). The number of amides is 1. The Kier molecular flexibility index (Phi) is 5.85. The molecule has 0 radical (unpaired) electrons. The monoisotopic (exact) mass is 257 g/mol. The van der Waals surface area contributed by atoms with E-state index in [1.54, 1.807) is 0 Å².